The lowest BCUT2D eigenvalue weighted by Gasteiger charge is -2.05. The molecule has 0 fully saturated rings. The molecular weight excluding hydrogens is 202 g/mol. The summed E-state index contributed by atoms with van der Waals surface area (Å²) in [6.45, 7) is 0.662. The van der Waals surface area contributed by atoms with Crippen LogP contribution in [0.5, 0.6) is 0 Å². The van der Waals surface area contributed by atoms with Gasteiger partial charge >= 0.3 is 0 Å². The molecule has 0 saturated heterocycles. The third-order valence-corrected chi connectivity index (χ3v) is 2.31. The molecule has 0 aliphatic carbocycles. The smallest absolute Gasteiger partial charge is 0.191 e. The van der Waals surface area contributed by atoms with E-state index in [1.165, 1.54) is 0 Å². The van der Waals surface area contributed by atoms with Crippen LogP contribution in [-0.2, 0) is 6.54 Å². The number of rotatable bonds is 2. The number of hydrogen-bond acceptors (Lipinski definition) is 2. The van der Waals surface area contributed by atoms with Crippen LogP contribution in [0.2, 0.25) is 0 Å². The van der Waals surface area contributed by atoms with E-state index in [-0.39, 0.29) is 0 Å². The third-order valence-electron chi connectivity index (χ3n) is 2.31. The zero-order chi connectivity index (χ0) is 11.4. The maximum absolute atomic E-state index is 4.47. The van der Waals surface area contributed by atoms with Crippen molar-refractivity contribution < 1.29 is 0 Å². The Balaban J connectivity index is 2.10. The molecule has 0 aliphatic heterocycles. The van der Waals surface area contributed by atoms with Crippen molar-refractivity contribution in [3.05, 3.63) is 36.3 Å². The Hall–Kier alpha value is -2.04. The van der Waals surface area contributed by atoms with Gasteiger partial charge < -0.3 is 15.0 Å². The molecule has 5 heteroatoms. The summed E-state index contributed by atoms with van der Waals surface area (Å²) < 4.78 is 2.00. The highest BCUT2D eigenvalue weighted by Gasteiger charge is 2.01. The quantitative estimate of drug-likeness (QED) is 0.573. The van der Waals surface area contributed by atoms with Gasteiger partial charge in [0.1, 0.15) is 5.65 Å². The Morgan fingerprint density at radius 3 is 3.06 bits per heavy atom. The first kappa shape index (κ1) is 10.5. The van der Waals surface area contributed by atoms with Crippen LogP contribution in [0.25, 0.3) is 5.65 Å². The summed E-state index contributed by atoms with van der Waals surface area (Å²) in [6, 6.07) is 5.95. The van der Waals surface area contributed by atoms with Crippen molar-refractivity contribution in [2.45, 2.75) is 6.54 Å². The second-order valence-electron chi connectivity index (χ2n) is 3.37. The van der Waals surface area contributed by atoms with Gasteiger partial charge in [0, 0.05) is 26.5 Å². The number of nitrogens with one attached hydrogen (secondary N) is 2. The van der Waals surface area contributed by atoms with Gasteiger partial charge in [-0.1, -0.05) is 6.07 Å². The highest BCUT2D eigenvalue weighted by Crippen LogP contribution is 2.03. The van der Waals surface area contributed by atoms with Gasteiger partial charge in [0.15, 0.2) is 5.96 Å². The van der Waals surface area contributed by atoms with Crippen molar-refractivity contribution in [2.75, 3.05) is 14.1 Å². The molecule has 2 aromatic heterocycles. The molecule has 0 amide bonds. The first-order valence-electron chi connectivity index (χ1n) is 5.14. The molecule has 5 nitrogen and oxygen atoms in total. The summed E-state index contributed by atoms with van der Waals surface area (Å²) in [5.41, 5.74) is 1.95. The van der Waals surface area contributed by atoms with Gasteiger partial charge in [-0.3, -0.25) is 4.99 Å². The average Bonchev–Trinajstić information content (AvgIpc) is 2.73. The molecule has 0 radical (unpaired) electrons. The van der Waals surface area contributed by atoms with Crippen molar-refractivity contribution in [3.8, 4) is 0 Å². The van der Waals surface area contributed by atoms with Crippen molar-refractivity contribution in [1.82, 2.24) is 20.0 Å². The van der Waals surface area contributed by atoms with E-state index in [0.717, 1.165) is 17.3 Å². The van der Waals surface area contributed by atoms with Crippen LogP contribution in [0.1, 0.15) is 5.69 Å². The molecule has 2 aromatic rings. The average molecular weight is 217 g/mol. The lowest BCUT2D eigenvalue weighted by molar-refractivity contribution is 0.845. The summed E-state index contributed by atoms with van der Waals surface area (Å²) in [5, 5.41) is 6.12. The fraction of sp³-hybridized carbons (Fsp3) is 0.273. The number of nitrogens with zero attached hydrogens (tertiary/aromatic N) is 3. The zero-order valence-electron chi connectivity index (χ0n) is 9.44. The van der Waals surface area contributed by atoms with Crippen LogP contribution in [0.4, 0.5) is 0 Å². The molecular formula is C11H15N5. The molecule has 0 saturated carbocycles. The molecule has 16 heavy (non-hydrogen) atoms. The van der Waals surface area contributed by atoms with Crippen LogP contribution in [0.3, 0.4) is 0 Å². The predicted molar refractivity (Wildman–Crippen MR) is 64.5 cm³/mol. The van der Waals surface area contributed by atoms with E-state index in [1.54, 1.807) is 7.05 Å². The van der Waals surface area contributed by atoms with E-state index in [1.807, 2.05) is 42.0 Å². The van der Waals surface area contributed by atoms with Crippen molar-refractivity contribution >= 4 is 11.6 Å². The van der Waals surface area contributed by atoms with E-state index in [2.05, 4.69) is 20.6 Å². The minimum Gasteiger partial charge on any atom is -0.359 e. The molecule has 0 aromatic carbocycles. The second-order valence-corrected chi connectivity index (χ2v) is 3.37. The first-order valence-corrected chi connectivity index (χ1v) is 5.14. The Morgan fingerprint density at radius 2 is 2.38 bits per heavy atom. The van der Waals surface area contributed by atoms with Crippen molar-refractivity contribution in [1.29, 1.82) is 0 Å². The number of aliphatic imine (C=N–C) groups is 1. The summed E-state index contributed by atoms with van der Waals surface area (Å²) in [4.78, 5) is 8.51. The Labute approximate surface area is 94.2 Å². The van der Waals surface area contributed by atoms with Crippen molar-refractivity contribution in [2.24, 2.45) is 4.99 Å². The first-order chi connectivity index (χ1) is 7.83. The van der Waals surface area contributed by atoms with Gasteiger partial charge in [0.05, 0.1) is 12.2 Å². The number of guanidine groups is 1. The van der Waals surface area contributed by atoms with Crippen LogP contribution < -0.4 is 10.6 Å². The van der Waals surface area contributed by atoms with Crippen LogP contribution in [0.15, 0.2) is 35.6 Å². The summed E-state index contributed by atoms with van der Waals surface area (Å²) in [5.74, 6) is 0.761. The standard InChI is InChI=1S/C11H15N5/c1-12-11(13-2)14-7-9-8-16-6-4-3-5-10(16)15-9/h3-6,8H,7H2,1-2H3,(H2,12,13,14). The molecule has 2 heterocycles. The van der Waals surface area contributed by atoms with Crippen LogP contribution >= 0.6 is 0 Å². The molecule has 0 atom stereocenters. The maximum Gasteiger partial charge on any atom is 0.191 e. The molecule has 0 unspecified atom stereocenters. The molecule has 84 valence electrons. The number of aromatic nitrogens is 2. The number of imidazole rings is 1. The van der Waals surface area contributed by atoms with E-state index in [0.29, 0.717) is 6.54 Å². The largest absolute Gasteiger partial charge is 0.359 e. The number of hydrogen-bond donors (Lipinski definition) is 2. The minimum atomic E-state index is 0.662. The maximum atomic E-state index is 4.47. The Morgan fingerprint density at radius 1 is 1.50 bits per heavy atom. The third kappa shape index (κ3) is 2.13. The van der Waals surface area contributed by atoms with Gasteiger partial charge in [-0.2, -0.15) is 0 Å². The van der Waals surface area contributed by atoms with E-state index in [4.69, 9.17) is 0 Å². The number of fused-ring (bicyclic) bond motifs is 1. The molecule has 0 bridgehead atoms. The van der Waals surface area contributed by atoms with Crippen LogP contribution in [-0.4, -0.2) is 29.4 Å². The lowest BCUT2D eigenvalue weighted by Crippen LogP contribution is -2.34. The minimum absolute atomic E-state index is 0.662. The zero-order valence-corrected chi connectivity index (χ0v) is 9.44. The van der Waals surface area contributed by atoms with Gasteiger partial charge in [0.25, 0.3) is 0 Å². The predicted octanol–water partition coefficient (Wildman–Crippen LogP) is 0.629. The van der Waals surface area contributed by atoms with Gasteiger partial charge in [-0.05, 0) is 12.1 Å². The van der Waals surface area contributed by atoms with Crippen molar-refractivity contribution in [3.63, 3.8) is 0 Å². The van der Waals surface area contributed by atoms with E-state index >= 15 is 0 Å². The number of pyridine rings is 1. The van der Waals surface area contributed by atoms with Gasteiger partial charge in [-0.25, -0.2) is 4.98 Å². The normalized spacial score (nSPS) is 11.8. The monoisotopic (exact) mass is 217 g/mol. The molecule has 0 aliphatic rings. The topological polar surface area (TPSA) is 53.7 Å². The van der Waals surface area contributed by atoms with Gasteiger partial charge in [-0.15, -0.1) is 0 Å². The molecule has 2 rings (SSSR count). The highest BCUT2D eigenvalue weighted by molar-refractivity contribution is 5.79. The van der Waals surface area contributed by atoms with E-state index < -0.39 is 0 Å². The summed E-state index contributed by atoms with van der Waals surface area (Å²) in [6.07, 6.45) is 3.99. The molecule has 0 spiro atoms. The molecule has 2 N–H and O–H groups in total. The summed E-state index contributed by atoms with van der Waals surface area (Å²) >= 11 is 0. The lowest BCUT2D eigenvalue weighted by atomic mass is 10.5. The Bertz CT molecular complexity index is 467. The highest BCUT2D eigenvalue weighted by atomic mass is 15.2. The fourth-order valence-corrected chi connectivity index (χ4v) is 1.53. The van der Waals surface area contributed by atoms with Crippen LogP contribution in [0, 0.1) is 0 Å². The second kappa shape index (κ2) is 4.65. The SMILES string of the molecule is CN=C(NC)NCc1cn2ccccc2n1. The van der Waals surface area contributed by atoms with Gasteiger partial charge in [0.2, 0.25) is 0 Å². The summed E-state index contributed by atoms with van der Waals surface area (Å²) in [7, 11) is 3.57. The Kier molecular flexibility index (Phi) is 3.05. The van der Waals surface area contributed by atoms with E-state index in [9.17, 15) is 0 Å². The fourth-order valence-electron chi connectivity index (χ4n) is 1.53.